The normalized spacial score (nSPS) is 11.2. The Hall–Kier alpha value is -3.07. The molecule has 2 amide bonds. The number of anilines is 1. The van der Waals surface area contributed by atoms with Crippen molar-refractivity contribution < 1.29 is 27.2 Å². The predicted molar refractivity (Wildman–Crippen MR) is 93.6 cm³/mol. The van der Waals surface area contributed by atoms with Crippen molar-refractivity contribution >= 4 is 28.2 Å². The summed E-state index contributed by atoms with van der Waals surface area (Å²) in [5.74, 6) is -0.757. The van der Waals surface area contributed by atoms with Crippen LogP contribution in [-0.2, 0) is 12.7 Å². The molecule has 2 aromatic heterocycles. The van der Waals surface area contributed by atoms with Gasteiger partial charge in [0.15, 0.2) is 5.76 Å². The van der Waals surface area contributed by atoms with E-state index in [1.807, 2.05) is 0 Å². The Labute approximate surface area is 155 Å². The number of hydrogen-bond donors (Lipinski definition) is 2. The topological polar surface area (TPSA) is 71.3 Å². The van der Waals surface area contributed by atoms with Gasteiger partial charge in [0.25, 0.3) is 11.8 Å². The van der Waals surface area contributed by atoms with Gasteiger partial charge in [-0.15, -0.1) is 11.3 Å². The van der Waals surface area contributed by atoms with Crippen molar-refractivity contribution in [2.24, 2.45) is 0 Å². The van der Waals surface area contributed by atoms with Crippen LogP contribution in [0.15, 0.2) is 59.2 Å². The first-order valence-corrected chi connectivity index (χ1v) is 8.53. The summed E-state index contributed by atoms with van der Waals surface area (Å²) < 4.78 is 43.1. The number of rotatable bonds is 5. The van der Waals surface area contributed by atoms with Crippen molar-refractivity contribution in [3.63, 3.8) is 0 Å². The summed E-state index contributed by atoms with van der Waals surface area (Å²) >= 11 is 1.04. The molecule has 27 heavy (non-hydrogen) atoms. The molecule has 2 heterocycles. The fraction of sp³-hybridized carbons (Fsp3) is 0.111. The summed E-state index contributed by atoms with van der Waals surface area (Å²) in [6.07, 6.45) is -3.06. The van der Waals surface area contributed by atoms with E-state index in [9.17, 15) is 22.8 Å². The molecule has 140 valence electrons. The largest absolute Gasteiger partial charge is 0.459 e. The lowest BCUT2D eigenvalue weighted by Crippen LogP contribution is -2.22. The fourth-order valence-electron chi connectivity index (χ4n) is 2.24. The van der Waals surface area contributed by atoms with Crippen molar-refractivity contribution in [1.29, 1.82) is 0 Å². The van der Waals surface area contributed by atoms with Crippen LogP contribution in [0.4, 0.5) is 18.2 Å². The van der Waals surface area contributed by atoms with Crippen LogP contribution in [0.2, 0.25) is 0 Å². The molecule has 5 nitrogen and oxygen atoms in total. The summed E-state index contributed by atoms with van der Waals surface area (Å²) in [6.45, 7) is -0.0469. The van der Waals surface area contributed by atoms with Gasteiger partial charge < -0.3 is 15.1 Å². The molecule has 3 aromatic rings. The van der Waals surface area contributed by atoms with E-state index in [2.05, 4.69) is 10.6 Å². The minimum absolute atomic E-state index is 0.0469. The van der Waals surface area contributed by atoms with Crippen LogP contribution < -0.4 is 10.6 Å². The van der Waals surface area contributed by atoms with Crippen molar-refractivity contribution in [3.05, 3.63) is 76.6 Å². The Bertz CT molecular complexity index is 949. The molecular weight excluding hydrogens is 381 g/mol. The number of carbonyl (C=O) groups excluding carboxylic acids is 2. The zero-order chi connectivity index (χ0) is 19.4. The van der Waals surface area contributed by atoms with Crippen LogP contribution >= 0.6 is 11.3 Å². The van der Waals surface area contributed by atoms with E-state index >= 15 is 0 Å². The third kappa shape index (κ3) is 4.76. The lowest BCUT2D eigenvalue weighted by atomic mass is 10.1. The highest BCUT2D eigenvalue weighted by Crippen LogP contribution is 2.29. The molecule has 3 rings (SSSR count). The SMILES string of the molecule is O=C(Nc1ccc(C(=O)NCc2cccc(C(F)(F)F)c2)s1)c1ccco1. The first-order valence-electron chi connectivity index (χ1n) is 7.72. The van der Waals surface area contributed by atoms with Gasteiger partial charge in [0.2, 0.25) is 0 Å². The minimum atomic E-state index is -4.44. The Balaban J connectivity index is 1.59. The monoisotopic (exact) mass is 394 g/mol. The van der Waals surface area contributed by atoms with Gasteiger partial charge in [-0.05, 0) is 42.0 Å². The highest BCUT2D eigenvalue weighted by molar-refractivity contribution is 7.18. The smallest absolute Gasteiger partial charge is 0.416 e. The second-order valence-electron chi connectivity index (χ2n) is 5.48. The van der Waals surface area contributed by atoms with E-state index in [-0.39, 0.29) is 12.3 Å². The lowest BCUT2D eigenvalue weighted by molar-refractivity contribution is -0.137. The molecule has 0 atom stereocenters. The average molecular weight is 394 g/mol. The van der Waals surface area contributed by atoms with E-state index < -0.39 is 23.6 Å². The molecule has 0 unspecified atom stereocenters. The summed E-state index contributed by atoms with van der Waals surface area (Å²) in [6, 6.07) is 10.9. The van der Waals surface area contributed by atoms with Gasteiger partial charge in [-0.25, -0.2) is 0 Å². The highest BCUT2D eigenvalue weighted by Gasteiger charge is 2.30. The molecule has 0 spiro atoms. The summed E-state index contributed by atoms with van der Waals surface area (Å²) in [7, 11) is 0. The number of hydrogen-bond acceptors (Lipinski definition) is 4. The van der Waals surface area contributed by atoms with E-state index in [0.717, 1.165) is 23.5 Å². The molecule has 1 aromatic carbocycles. The van der Waals surface area contributed by atoms with Crippen LogP contribution in [-0.4, -0.2) is 11.8 Å². The van der Waals surface area contributed by atoms with Crippen LogP contribution in [0.1, 0.15) is 31.4 Å². The number of benzene rings is 1. The number of amides is 2. The average Bonchev–Trinajstić information content (AvgIpc) is 3.31. The van der Waals surface area contributed by atoms with Gasteiger partial charge in [-0.3, -0.25) is 9.59 Å². The number of nitrogens with one attached hydrogen (secondary N) is 2. The zero-order valence-corrected chi connectivity index (χ0v) is 14.5. The Kier molecular flexibility index (Phi) is 5.31. The molecule has 0 saturated carbocycles. The number of alkyl halides is 3. The molecule has 0 radical (unpaired) electrons. The van der Waals surface area contributed by atoms with E-state index in [4.69, 9.17) is 4.42 Å². The van der Waals surface area contributed by atoms with Crippen LogP contribution in [0, 0.1) is 0 Å². The molecule has 0 aliphatic rings. The Morgan fingerprint density at radius 3 is 2.56 bits per heavy atom. The van der Waals surface area contributed by atoms with E-state index in [1.165, 1.54) is 30.5 Å². The van der Waals surface area contributed by atoms with E-state index in [0.29, 0.717) is 15.4 Å². The maximum atomic E-state index is 12.7. The Morgan fingerprint density at radius 2 is 1.85 bits per heavy atom. The maximum Gasteiger partial charge on any atom is 0.416 e. The van der Waals surface area contributed by atoms with Gasteiger partial charge in [0.1, 0.15) is 0 Å². The predicted octanol–water partition coefficient (Wildman–Crippen LogP) is 4.54. The lowest BCUT2D eigenvalue weighted by Gasteiger charge is -2.09. The maximum absolute atomic E-state index is 12.7. The molecule has 0 aliphatic carbocycles. The quantitative estimate of drug-likeness (QED) is 0.667. The van der Waals surface area contributed by atoms with Gasteiger partial charge in [0.05, 0.1) is 21.7 Å². The molecule has 2 N–H and O–H groups in total. The van der Waals surface area contributed by atoms with Crippen molar-refractivity contribution in [2.75, 3.05) is 5.32 Å². The van der Waals surface area contributed by atoms with Gasteiger partial charge in [0, 0.05) is 6.54 Å². The summed E-state index contributed by atoms with van der Waals surface area (Å²) in [5, 5.41) is 5.60. The third-order valence-corrected chi connectivity index (χ3v) is 4.52. The first-order chi connectivity index (χ1) is 12.8. The fourth-order valence-corrected chi connectivity index (χ4v) is 3.05. The number of halogens is 3. The molecule has 0 bridgehead atoms. The molecular formula is C18H13F3N2O3S. The van der Waals surface area contributed by atoms with Gasteiger partial charge in [-0.2, -0.15) is 13.2 Å². The number of furan rings is 1. The summed E-state index contributed by atoms with van der Waals surface area (Å²) in [4.78, 5) is 24.4. The first kappa shape index (κ1) is 18.7. The number of thiophene rings is 1. The molecule has 0 fully saturated rings. The Morgan fingerprint density at radius 1 is 1.04 bits per heavy atom. The van der Waals surface area contributed by atoms with Crippen molar-refractivity contribution in [1.82, 2.24) is 5.32 Å². The highest BCUT2D eigenvalue weighted by atomic mass is 32.1. The molecule has 9 heteroatoms. The second-order valence-corrected chi connectivity index (χ2v) is 6.56. The van der Waals surface area contributed by atoms with Crippen LogP contribution in [0.3, 0.4) is 0 Å². The standard InChI is InChI=1S/C18H13F3N2O3S/c19-18(20,21)12-4-1-3-11(9-12)10-22-17(25)14-6-7-15(27-14)23-16(24)13-5-2-8-26-13/h1-9H,10H2,(H,22,25)(H,23,24). The third-order valence-electron chi connectivity index (χ3n) is 3.52. The summed E-state index contributed by atoms with van der Waals surface area (Å²) in [5.41, 5.74) is -0.436. The minimum Gasteiger partial charge on any atom is -0.459 e. The van der Waals surface area contributed by atoms with E-state index in [1.54, 1.807) is 12.1 Å². The second kappa shape index (κ2) is 7.67. The van der Waals surface area contributed by atoms with Crippen LogP contribution in [0.5, 0.6) is 0 Å². The van der Waals surface area contributed by atoms with Gasteiger partial charge >= 0.3 is 6.18 Å². The molecule has 0 saturated heterocycles. The number of carbonyl (C=O) groups is 2. The zero-order valence-electron chi connectivity index (χ0n) is 13.7. The van der Waals surface area contributed by atoms with Crippen LogP contribution in [0.25, 0.3) is 0 Å². The van der Waals surface area contributed by atoms with Crippen molar-refractivity contribution in [2.45, 2.75) is 12.7 Å². The van der Waals surface area contributed by atoms with Gasteiger partial charge in [-0.1, -0.05) is 12.1 Å². The molecule has 0 aliphatic heterocycles. The van der Waals surface area contributed by atoms with Crippen molar-refractivity contribution in [3.8, 4) is 0 Å².